The SMILES string of the molecule is COC1(CC(O)C2CCc3cccnc32)CCC1. The molecule has 2 aliphatic rings. The van der Waals surface area contributed by atoms with E-state index in [1.165, 1.54) is 12.0 Å². The number of nitrogens with zero attached hydrogens (tertiary/aromatic N) is 1. The van der Waals surface area contributed by atoms with E-state index in [9.17, 15) is 5.11 Å². The van der Waals surface area contributed by atoms with Crippen LogP contribution in [-0.4, -0.2) is 28.9 Å². The molecule has 3 nitrogen and oxygen atoms in total. The van der Waals surface area contributed by atoms with Crippen molar-refractivity contribution in [2.24, 2.45) is 0 Å². The number of methoxy groups -OCH3 is 1. The summed E-state index contributed by atoms with van der Waals surface area (Å²) in [4.78, 5) is 4.46. The Hall–Kier alpha value is -0.930. The zero-order valence-electron chi connectivity index (χ0n) is 10.9. The maximum absolute atomic E-state index is 10.5. The van der Waals surface area contributed by atoms with Gasteiger partial charge >= 0.3 is 0 Å². The van der Waals surface area contributed by atoms with E-state index < -0.39 is 0 Å². The van der Waals surface area contributed by atoms with Crippen LogP contribution in [0.25, 0.3) is 0 Å². The predicted molar refractivity (Wildman–Crippen MR) is 69.5 cm³/mol. The van der Waals surface area contributed by atoms with Crippen LogP contribution in [0.4, 0.5) is 0 Å². The Labute approximate surface area is 108 Å². The molecule has 1 aromatic heterocycles. The van der Waals surface area contributed by atoms with E-state index in [0.717, 1.165) is 37.8 Å². The largest absolute Gasteiger partial charge is 0.392 e. The Morgan fingerprint density at radius 3 is 3.06 bits per heavy atom. The number of aliphatic hydroxyl groups is 1. The first kappa shape index (κ1) is 12.1. The number of aliphatic hydroxyl groups excluding tert-OH is 1. The first-order chi connectivity index (χ1) is 8.74. The van der Waals surface area contributed by atoms with Crippen molar-refractivity contribution < 1.29 is 9.84 Å². The zero-order chi connectivity index (χ0) is 12.6. The molecule has 0 bridgehead atoms. The quantitative estimate of drug-likeness (QED) is 0.888. The minimum Gasteiger partial charge on any atom is -0.392 e. The molecule has 2 unspecified atom stereocenters. The number of ether oxygens (including phenoxy) is 1. The predicted octanol–water partition coefficient (Wildman–Crippen LogP) is 2.43. The topological polar surface area (TPSA) is 42.4 Å². The summed E-state index contributed by atoms with van der Waals surface area (Å²) in [5.41, 5.74) is 2.36. The van der Waals surface area contributed by atoms with Gasteiger partial charge in [0.2, 0.25) is 0 Å². The minimum atomic E-state index is -0.318. The summed E-state index contributed by atoms with van der Waals surface area (Å²) in [5, 5.41) is 10.5. The van der Waals surface area contributed by atoms with E-state index in [1.807, 2.05) is 12.3 Å². The normalized spacial score (nSPS) is 26.4. The molecule has 0 aromatic carbocycles. The van der Waals surface area contributed by atoms with Crippen LogP contribution in [0.3, 0.4) is 0 Å². The molecule has 1 fully saturated rings. The lowest BCUT2D eigenvalue weighted by atomic mass is 9.74. The molecular formula is C15H21NO2. The van der Waals surface area contributed by atoms with Crippen LogP contribution >= 0.6 is 0 Å². The van der Waals surface area contributed by atoms with E-state index in [4.69, 9.17) is 4.74 Å². The Morgan fingerprint density at radius 2 is 2.39 bits per heavy atom. The highest BCUT2D eigenvalue weighted by Gasteiger charge is 2.41. The Morgan fingerprint density at radius 1 is 1.56 bits per heavy atom. The van der Waals surface area contributed by atoms with Crippen molar-refractivity contribution in [1.29, 1.82) is 0 Å². The summed E-state index contributed by atoms with van der Waals surface area (Å²) in [6.45, 7) is 0. The van der Waals surface area contributed by atoms with Gasteiger partial charge in [0.15, 0.2) is 0 Å². The standard InChI is InChI=1S/C15H21NO2/c1-18-15(7-3-8-15)10-13(17)12-6-5-11-4-2-9-16-14(11)12/h2,4,9,12-13,17H,3,5-8,10H2,1H3. The third-order valence-electron chi connectivity index (χ3n) is 4.75. The fourth-order valence-corrected chi connectivity index (χ4v) is 3.40. The molecule has 3 heteroatoms. The first-order valence-electron chi connectivity index (χ1n) is 6.91. The molecule has 0 amide bonds. The van der Waals surface area contributed by atoms with Gasteiger partial charge in [-0.1, -0.05) is 6.07 Å². The van der Waals surface area contributed by atoms with Crippen molar-refractivity contribution in [2.45, 2.75) is 56.1 Å². The number of hydrogen-bond acceptors (Lipinski definition) is 3. The molecule has 0 saturated heterocycles. The van der Waals surface area contributed by atoms with Crippen LogP contribution in [0.2, 0.25) is 0 Å². The maximum atomic E-state index is 10.5. The molecule has 0 aliphatic heterocycles. The third kappa shape index (κ3) is 1.95. The van der Waals surface area contributed by atoms with Crippen molar-refractivity contribution in [3.63, 3.8) is 0 Å². The van der Waals surface area contributed by atoms with Crippen molar-refractivity contribution in [3.8, 4) is 0 Å². The lowest BCUT2D eigenvalue weighted by Gasteiger charge is -2.42. The molecule has 98 valence electrons. The maximum Gasteiger partial charge on any atom is 0.0703 e. The van der Waals surface area contributed by atoms with Crippen LogP contribution in [0.5, 0.6) is 0 Å². The summed E-state index contributed by atoms with van der Waals surface area (Å²) in [6.07, 6.45) is 7.73. The summed E-state index contributed by atoms with van der Waals surface area (Å²) in [5.74, 6) is 0.203. The van der Waals surface area contributed by atoms with Gasteiger partial charge in [-0.25, -0.2) is 0 Å². The Balaban J connectivity index is 1.72. The molecule has 1 aromatic rings. The van der Waals surface area contributed by atoms with Gasteiger partial charge in [0.05, 0.1) is 11.7 Å². The summed E-state index contributed by atoms with van der Waals surface area (Å²) >= 11 is 0. The number of rotatable bonds is 4. The van der Waals surface area contributed by atoms with Crippen LogP contribution < -0.4 is 0 Å². The molecule has 2 atom stereocenters. The summed E-state index contributed by atoms with van der Waals surface area (Å²) in [7, 11) is 1.77. The van der Waals surface area contributed by atoms with Crippen molar-refractivity contribution >= 4 is 0 Å². The number of hydrogen-bond donors (Lipinski definition) is 1. The second-order valence-corrected chi connectivity index (χ2v) is 5.71. The fraction of sp³-hybridized carbons (Fsp3) is 0.667. The van der Waals surface area contributed by atoms with Gasteiger partial charge < -0.3 is 9.84 Å². The monoisotopic (exact) mass is 247 g/mol. The highest BCUT2D eigenvalue weighted by molar-refractivity contribution is 5.29. The van der Waals surface area contributed by atoms with Crippen molar-refractivity contribution in [3.05, 3.63) is 29.6 Å². The second-order valence-electron chi connectivity index (χ2n) is 5.71. The molecular weight excluding hydrogens is 226 g/mol. The van der Waals surface area contributed by atoms with Crippen LogP contribution in [0.15, 0.2) is 18.3 Å². The average molecular weight is 247 g/mol. The van der Waals surface area contributed by atoms with Gasteiger partial charge in [0.1, 0.15) is 0 Å². The number of aryl methyl sites for hydroxylation is 1. The Kier molecular flexibility index (Phi) is 3.12. The van der Waals surface area contributed by atoms with Crippen molar-refractivity contribution in [1.82, 2.24) is 4.98 Å². The lowest BCUT2D eigenvalue weighted by Crippen LogP contribution is -2.43. The van der Waals surface area contributed by atoms with Gasteiger partial charge in [0, 0.05) is 31.3 Å². The number of aromatic nitrogens is 1. The first-order valence-corrected chi connectivity index (χ1v) is 6.91. The van der Waals surface area contributed by atoms with E-state index in [-0.39, 0.29) is 17.6 Å². The molecule has 1 N–H and O–H groups in total. The summed E-state index contributed by atoms with van der Waals surface area (Å²) in [6, 6.07) is 4.11. The molecule has 1 saturated carbocycles. The summed E-state index contributed by atoms with van der Waals surface area (Å²) < 4.78 is 5.61. The Bertz CT molecular complexity index is 423. The highest BCUT2D eigenvalue weighted by atomic mass is 16.5. The van der Waals surface area contributed by atoms with E-state index in [1.54, 1.807) is 7.11 Å². The molecule has 0 radical (unpaired) electrons. The molecule has 0 spiro atoms. The fourth-order valence-electron chi connectivity index (χ4n) is 3.40. The zero-order valence-corrected chi connectivity index (χ0v) is 10.9. The highest BCUT2D eigenvalue weighted by Crippen LogP contribution is 2.43. The lowest BCUT2D eigenvalue weighted by molar-refractivity contribution is -0.102. The minimum absolute atomic E-state index is 0.0586. The van der Waals surface area contributed by atoms with E-state index >= 15 is 0 Å². The van der Waals surface area contributed by atoms with Gasteiger partial charge in [-0.2, -0.15) is 0 Å². The van der Waals surface area contributed by atoms with Gasteiger partial charge in [0.25, 0.3) is 0 Å². The van der Waals surface area contributed by atoms with E-state index in [2.05, 4.69) is 11.1 Å². The van der Waals surface area contributed by atoms with Crippen LogP contribution in [0, 0.1) is 0 Å². The van der Waals surface area contributed by atoms with E-state index in [0.29, 0.717) is 0 Å². The second kappa shape index (κ2) is 4.63. The van der Waals surface area contributed by atoms with Crippen LogP contribution in [-0.2, 0) is 11.2 Å². The van der Waals surface area contributed by atoms with Crippen LogP contribution in [0.1, 0.15) is 49.3 Å². The number of fused-ring (bicyclic) bond motifs is 1. The van der Waals surface area contributed by atoms with Gasteiger partial charge in [-0.3, -0.25) is 4.98 Å². The smallest absolute Gasteiger partial charge is 0.0703 e. The molecule has 3 rings (SSSR count). The molecule has 18 heavy (non-hydrogen) atoms. The third-order valence-corrected chi connectivity index (χ3v) is 4.75. The van der Waals surface area contributed by atoms with Crippen molar-refractivity contribution in [2.75, 3.05) is 7.11 Å². The molecule has 1 heterocycles. The van der Waals surface area contributed by atoms with Gasteiger partial charge in [-0.15, -0.1) is 0 Å². The average Bonchev–Trinajstić information content (AvgIpc) is 2.77. The van der Waals surface area contributed by atoms with Gasteiger partial charge in [-0.05, 0) is 43.7 Å². The number of pyridine rings is 1. The molecule has 2 aliphatic carbocycles.